The third-order valence-corrected chi connectivity index (χ3v) is 5.09. The molecule has 0 amide bonds. The van der Waals surface area contributed by atoms with Crippen LogP contribution < -0.4 is 5.32 Å². The van der Waals surface area contributed by atoms with Crippen LogP contribution >= 0.6 is 0 Å². The van der Waals surface area contributed by atoms with Crippen molar-refractivity contribution in [2.24, 2.45) is 0 Å². The molecule has 5 heteroatoms. The fourth-order valence-electron chi connectivity index (χ4n) is 3.56. The number of allylic oxidation sites excluding steroid dienone is 1. The zero-order chi connectivity index (χ0) is 19.2. The van der Waals surface area contributed by atoms with Gasteiger partial charge in [-0.25, -0.2) is 4.39 Å². The van der Waals surface area contributed by atoms with Gasteiger partial charge in [-0.2, -0.15) is 0 Å². The largest absolute Gasteiger partial charge is 0.419 e. The zero-order valence-corrected chi connectivity index (χ0v) is 15.8. The Kier molecular flexibility index (Phi) is 5.92. The number of halogens is 1. The molecule has 0 spiro atoms. The molecule has 2 aromatic carbocycles. The van der Waals surface area contributed by atoms with Crippen molar-refractivity contribution in [3.63, 3.8) is 0 Å². The second kappa shape index (κ2) is 8.93. The Bertz CT molecular complexity index is 919. The highest BCUT2D eigenvalue weighted by Crippen LogP contribution is 2.26. The van der Waals surface area contributed by atoms with Gasteiger partial charge in [-0.05, 0) is 68.5 Å². The summed E-state index contributed by atoms with van der Waals surface area (Å²) in [5, 5.41) is 12.0. The highest BCUT2D eigenvalue weighted by atomic mass is 19.1. The maximum Gasteiger partial charge on any atom is 0.247 e. The Balaban J connectivity index is 1.53. The first-order chi connectivity index (χ1) is 13.8. The summed E-state index contributed by atoms with van der Waals surface area (Å²) in [4.78, 5) is 0. The Morgan fingerprint density at radius 2 is 1.82 bits per heavy atom. The maximum atomic E-state index is 13.4. The highest BCUT2D eigenvalue weighted by Gasteiger charge is 2.21. The average molecular weight is 377 g/mol. The van der Waals surface area contributed by atoms with Crippen LogP contribution in [0.4, 0.5) is 4.39 Å². The molecule has 1 aromatic heterocycles. The predicted molar refractivity (Wildman–Crippen MR) is 107 cm³/mol. The molecular formula is C23H24FN3O. The molecule has 1 atom stereocenters. The summed E-state index contributed by atoms with van der Waals surface area (Å²) >= 11 is 0. The molecule has 0 unspecified atom stereocenters. The van der Waals surface area contributed by atoms with Crippen molar-refractivity contribution in [3.05, 3.63) is 83.5 Å². The van der Waals surface area contributed by atoms with Crippen LogP contribution in [0, 0.1) is 5.82 Å². The third-order valence-electron chi connectivity index (χ3n) is 5.09. The van der Waals surface area contributed by atoms with Crippen molar-refractivity contribution >= 4 is 0 Å². The fourth-order valence-corrected chi connectivity index (χ4v) is 3.56. The minimum atomic E-state index is -0.269. The van der Waals surface area contributed by atoms with E-state index >= 15 is 0 Å². The first kappa shape index (κ1) is 18.6. The van der Waals surface area contributed by atoms with Gasteiger partial charge in [-0.3, -0.25) is 0 Å². The van der Waals surface area contributed by atoms with E-state index in [0.29, 0.717) is 11.8 Å². The van der Waals surface area contributed by atoms with Gasteiger partial charge in [-0.1, -0.05) is 42.0 Å². The van der Waals surface area contributed by atoms with Gasteiger partial charge in [0.15, 0.2) is 0 Å². The zero-order valence-electron chi connectivity index (χ0n) is 15.8. The molecule has 4 nitrogen and oxygen atoms in total. The SMILES string of the molecule is Fc1ccc([C@H](NCCC2=CCCCC2)c2nnc(-c3ccccc3)o2)cc1. The standard InChI is InChI=1S/C23H24FN3O/c24-20-13-11-18(12-14-20)21(25-16-15-17-7-3-1-4-8-17)23-27-26-22(28-23)19-9-5-2-6-10-19/h2,5-7,9-14,21,25H,1,3-4,8,15-16H2/t21-/m0/s1. The van der Waals surface area contributed by atoms with E-state index in [1.807, 2.05) is 30.3 Å². The van der Waals surface area contributed by atoms with Crippen molar-refractivity contribution in [2.75, 3.05) is 6.54 Å². The van der Waals surface area contributed by atoms with E-state index in [1.54, 1.807) is 12.1 Å². The van der Waals surface area contributed by atoms with E-state index in [9.17, 15) is 4.39 Å². The summed E-state index contributed by atoms with van der Waals surface area (Å²) in [7, 11) is 0. The molecule has 28 heavy (non-hydrogen) atoms. The molecule has 1 heterocycles. The molecule has 1 aliphatic rings. The summed E-state index contributed by atoms with van der Waals surface area (Å²) in [5.41, 5.74) is 3.29. The topological polar surface area (TPSA) is 51.0 Å². The summed E-state index contributed by atoms with van der Waals surface area (Å²) in [6.45, 7) is 0.803. The molecule has 0 saturated heterocycles. The number of benzene rings is 2. The second-order valence-electron chi connectivity index (χ2n) is 7.11. The first-order valence-electron chi connectivity index (χ1n) is 9.85. The smallest absolute Gasteiger partial charge is 0.247 e. The number of nitrogens with zero attached hydrogens (tertiary/aromatic N) is 2. The number of aromatic nitrogens is 2. The van der Waals surface area contributed by atoms with Gasteiger partial charge in [0.25, 0.3) is 0 Å². The molecule has 0 radical (unpaired) electrons. The van der Waals surface area contributed by atoms with Crippen molar-refractivity contribution in [1.82, 2.24) is 15.5 Å². The summed E-state index contributed by atoms with van der Waals surface area (Å²) in [6, 6.07) is 15.9. The molecule has 1 N–H and O–H groups in total. The van der Waals surface area contributed by atoms with Crippen LogP contribution in [0.5, 0.6) is 0 Å². The molecular weight excluding hydrogens is 353 g/mol. The summed E-state index contributed by atoms with van der Waals surface area (Å²) < 4.78 is 19.4. The molecule has 144 valence electrons. The van der Waals surface area contributed by atoms with Crippen LogP contribution in [-0.2, 0) is 0 Å². The monoisotopic (exact) mass is 377 g/mol. The Hall–Kier alpha value is -2.79. The van der Waals surface area contributed by atoms with Crippen LogP contribution in [0.15, 0.2) is 70.7 Å². The van der Waals surface area contributed by atoms with Crippen molar-refractivity contribution in [1.29, 1.82) is 0 Å². The third kappa shape index (κ3) is 4.54. The Morgan fingerprint density at radius 3 is 2.57 bits per heavy atom. The summed E-state index contributed by atoms with van der Waals surface area (Å²) in [6.07, 6.45) is 8.29. The number of nitrogens with one attached hydrogen (secondary N) is 1. The molecule has 0 fully saturated rings. The van der Waals surface area contributed by atoms with Crippen LogP contribution in [-0.4, -0.2) is 16.7 Å². The minimum absolute atomic E-state index is 0.259. The van der Waals surface area contributed by atoms with Gasteiger partial charge in [0, 0.05) is 5.56 Å². The molecule has 0 saturated carbocycles. The summed E-state index contributed by atoms with van der Waals surface area (Å²) in [5.74, 6) is 0.716. The van der Waals surface area contributed by atoms with Crippen molar-refractivity contribution < 1.29 is 8.81 Å². The van der Waals surface area contributed by atoms with E-state index in [4.69, 9.17) is 4.42 Å². The fraction of sp³-hybridized carbons (Fsp3) is 0.304. The lowest BCUT2D eigenvalue weighted by atomic mass is 9.97. The van der Waals surface area contributed by atoms with E-state index in [1.165, 1.54) is 43.4 Å². The van der Waals surface area contributed by atoms with Gasteiger partial charge in [0.05, 0.1) is 0 Å². The predicted octanol–water partition coefficient (Wildman–Crippen LogP) is 5.45. The van der Waals surface area contributed by atoms with Crippen molar-refractivity contribution in [3.8, 4) is 11.5 Å². The van der Waals surface area contributed by atoms with Gasteiger partial charge < -0.3 is 9.73 Å². The minimum Gasteiger partial charge on any atom is -0.419 e. The Labute approximate surface area is 164 Å². The van der Waals surface area contributed by atoms with Crippen LogP contribution in [0.1, 0.15) is 49.6 Å². The normalized spacial score (nSPS) is 15.2. The number of rotatable bonds is 7. The highest BCUT2D eigenvalue weighted by molar-refractivity contribution is 5.51. The quantitative estimate of drug-likeness (QED) is 0.557. The van der Waals surface area contributed by atoms with Gasteiger partial charge in [0.1, 0.15) is 11.9 Å². The van der Waals surface area contributed by atoms with Crippen molar-refractivity contribution in [2.45, 2.75) is 38.1 Å². The van der Waals surface area contributed by atoms with Gasteiger partial charge in [0.2, 0.25) is 11.8 Å². The van der Waals surface area contributed by atoms with E-state index in [-0.39, 0.29) is 11.9 Å². The molecule has 0 aliphatic heterocycles. The van der Waals surface area contributed by atoms with E-state index < -0.39 is 0 Å². The number of hydrogen-bond acceptors (Lipinski definition) is 4. The van der Waals surface area contributed by atoms with Crippen LogP contribution in [0.25, 0.3) is 11.5 Å². The molecule has 1 aliphatic carbocycles. The van der Waals surface area contributed by atoms with E-state index in [0.717, 1.165) is 24.1 Å². The van der Waals surface area contributed by atoms with E-state index in [2.05, 4.69) is 21.6 Å². The molecule has 4 rings (SSSR count). The maximum absolute atomic E-state index is 13.4. The second-order valence-corrected chi connectivity index (χ2v) is 7.11. The number of hydrogen-bond donors (Lipinski definition) is 1. The lowest BCUT2D eigenvalue weighted by Gasteiger charge is -2.18. The average Bonchev–Trinajstić information content (AvgIpc) is 3.23. The lowest BCUT2D eigenvalue weighted by Crippen LogP contribution is -2.24. The first-order valence-corrected chi connectivity index (χ1v) is 9.85. The van der Waals surface area contributed by atoms with Crippen LogP contribution in [0.3, 0.4) is 0 Å². The molecule has 3 aromatic rings. The Morgan fingerprint density at radius 1 is 1.00 bits per heavy atom. The lowest BCUT2D eigenvalue weighted by molar-refractivity contribution is 0.438. The van der Waals surface area contributed by atoms with Crippen LogP contribution in [0.2, 0.25) is 0 Å². The van der Waals surface area contributed by atoms with Gasteiger partial charge >= 0.3 is 0 Å². The molecule has 0 bridgehead atoms. The van der Waals surface area contributed by atoms with Gasteiger partial charge in [-0.15, -0.1) is 10.2 Å².